The van der Waals surface area contributed by atoms with Gasteiger partial charge in [-0.1, -0.05) is 0 Å². The molecule has 0 aliphatic carbocycles. The third-order valence-electron chi connectivity index (χ3n) is 1.25. The number of hydrogen-bond acceptors (Lipinski definition) is 3. The molecule has 0 radical (unpaired) electrons. The van der Waals surface area contributed by atoms with Gasteiger partial charge in [0.05, 0.1) is 6.61 Å². The zero-order valence-corrected chi connectivity index (χ0v) is 9.52. The van der Waals surface area contributed by atoms with Gasteiger partial charge >= 0.3 is 0 Å². The maximum atomic E-state index is 5.82. The average molecular weight is 193 g/mol. The van der Waals surface area contributed by atoms with E-state index in [1.807, 2.05) is 0 Å². The molecule has 0 aromatic rings. The minimum absolute atomic E-state index is 0.699. The van der Waals surface area contributed by atoms with Crippen molar-refractivity contribution in [2.24, 2.45) is 0 Å². The van der Waals surface area contributed by atoms with Crippen molar-refractivity contribution < 1.29 is 8.74 Å². The molecule has 0 bridgehead atoms. The topological polar surface area (TPSA) is 21.7 Å². The van der Waals surface area contributed by atoms with E-state index in [4.69, 9.17) is 8.74 Å². The minimum Gasteiger partial charge on any atom is -0.364 e. The summed E-state index contributed by atoms with van der Waals surface area (Å²) in [6, 6.07) is 0. The van der Waals surface area contributed by atoms with Gasteiger partial charge in [-0.15, -0.1) is 0 Å². The largest absolute Gasteiger partial charge is 0.364 e. The Morgan fingerprint density at radius 2 is 2.09 bits per heavy atom. The highest BCUT2D eigenvalue weighted by Crippen LogP contribution is 2.47. The fourth-order valence-corrected chi connectivity index (χ4v) is 4.08. The Kier molecular flexibility index (Phi) is 3.06. The first-order valence-electron chi connectivity index (χ1n) is 3.82. The molecule has 66 valence electrons. The maximum Gasteiger partial charge on any atom is 0.247 e. The summed E-state index contributed by atoms with van der Waals surface area (Å²) in [6.45, 7) is 8.39. The highest BCUT2D eigenvalue weighted by atomic mass is 31.2. The summed E-state index contributed by atoms with van der Waals surface area (Å²) in [5.74, 6) is 0. The Hall–Kier alpha value is 0.527. The van der Waals surface area contributed by atoms with Crippen LogP contribution in [0.4, 0.5) is 0 Å². The fraction of sp³-hybridized carbons (Fsp3) is 1.00. The number of rotatable bonds is 2. The van der Waals surface area contributed by atoms with Gasteiger partial charge in [0, 0.05) is 6.54 Å². The lowest BCUT2D eigenvalue weighted by molar-refractivity contribution is 0.358. The van der Waals surface area contributed by atoms with Crippen LogP contribution in [0.15, 0.2) is 0 Å². The number of likely N-dealkylation sites (N-methyl/N-ethyl adjacent to an activating group) is 1. The van der Waals surface area contributed by atoms with Crippen LogP contribution in [0.3, 0.4) is 0 Å². The molecule has 1 fully saturated rings. The van der Waals surface area contributed by atoms with Crippen LogP contribution < -0.4 is 0 Å². The summed E-state index contributed by atoms with van der Waals surface area (Å²) >= 11 is 0. The van der Waals surface area contributed by atoms with Gasteiger partial charge in [0.1, 0.15) is 0 Å². The van der Waals surface area contributed by atoms with E-state index in [1.54, 1.807) is 0 Å². The molecule has 5 heteroatoms. The van der Waals surface area contributed by atoms with Crippen LogP contribution in [0.2, 0.25) is 19.6 Å². The molecule has 0 aromatic heterocycles. The lowest BCUT2D eigenvalue weighted by Crippen LogP contribution is -2.24. The van der Waals surface area contributed by atoms with Gasteiger partial charge in [0.25, 0.3) is 0 Å². The molecule has 1 unspecified atom stereocenters. The summed E-state index contributed by atoms with van der Waals surface area (Å²) in [5, 5.41) is 0. The molecule has 1 heterocycles. The molecular weight excluding hydrogens is 177 g/mol. The molecule has 11 heavy (non-hydrogen) atoms. The molecule has 0 aromatic carbocycles. The van der Waals surface area contributed by atoms with Gasteiger partial charge in [0.2, 0.25) is 8.53 Å². The fourth-order valence-electron chi connectivity index (χ4n) is 0.762. The second-order valence-corrected chi connectivity index (χ2v) is 10.0. The van der Waals surface area contributed by atoms with Crippen LogP contribution in [0.5, 0.6) is 0 Å². The van der Waals surface area contributed by atoms with Crippen LogP contribution in [0.25, 0.3) is 0 Å². The Balaban J connectivity index is 2.37. The third-order valence-corrected chi connectivity index (χ3v) is 5.22. The van der Waals surface area contributed by atoms with E-state index in [-0.39, 0.29) is 0 Å². The van der Waals surface area contributed by atoms with E-state index in [1.165, 1.54) is 0 Å². The maximum absolute atomic E-state index is 5.82. The lowest BCUT2D eigenvalue weighted by atomic mass is 10.7. The molecule has 1 rings (SSSR count). The Morgan fingerprint density at radius 1 is 1.45 bits per heavy atom. The number of hydrogen-bond donors (Lipinski definition) is 0. The van der Waals surface area contributed by atoms with Crippen LogP contribution in [0.1, 0.15) is 0 Å². The quantitative estimate of drug-likeness (QED) is 0.494. The van der Waals surface area contributed by atoms with Gasteiger partial charge < -0.3 is 8.74 Å². The molecule has 1 saturated heterocycles. The van der Waals surface area contributed by atoms with Crippen molar-refractivity contribution in [3.63, 3.8) is 0 Å². The third kappa shape index (κ3) is 3.17. The van der Waals surface area contributed by atoms with Crippen LogP contribution in [0, 0.1) is 0 Å². The SMILES string of the molecule is CN1CCOP1O[Si](C)(C)C. The van der Waals surface area contributed by atoms with E-state index in [0.29, 0.717) is 0 Å². The molecular formula is C6H16NO2PSi. The standard InChI is InChI=1S/C6H16NO2PSi/c1-7-5-6-8-10(7)9-11(2,3)4/h5-6H2,1-4H3. The average Bonchev–Trinajstić information content (AvgIpc) is 2.12. The van der Waals surface area contributed by atoms with Crippen molar-refractivity contribution in [1.29, 1.82) is 0 Å². The first-order valence-corrected chi connectivity index (χ1v) is 8.36. The molecule has 1 aliphatic heterocycles. The molecule has 1 aliphatic rings. The van der Waals surface area contributed by atoms with Crippen LogP contribution in [-0.4, -0.2) is 33.2 Å². The van der Waals surface area contributed by atoms with Gasteiger partial charge in [-0.2, -0.15) is 0 Å². The summed E-state index contributed by atoms with van der Waals surface area (Å²) in [5.41, 5.74) is 0. The monoisotopic (exact) mass is 193 g/mol. The Morgan fingerprint density at radius 3 is 2.45 bits per heavy atom. The van der Waals surface area contributed by atoms with Crippen molar-refractivity contribution in [3.05, 3.63) is 0 Å². The first kappa shape index (κ1) is 9.61. The molecule has 1 atom stereocenters. The van der Waals surface area contributed by atoms with Gasteiger partial charge in [-0.05, 0) is 26.7 Å². The van der Waals surface area contributed by atoms with E-state index < -0.39 is 16.8 Å². The summed E-state index contributed by atoms with van der Waals surface area (Å²) in [7, 11) is -0.0468. The van der Waals surface area contributed by atoms with E-state index in [2.05, 4.69) is 31.4 Å². The van der Waals surface area contributed by atoms with E-state index in [9.17, 15) is 0 Å². The molecule has 0 amide bonds. The van der Waals surface area contributed by atoms with Gasteiger partial charge in [0.15, 0.2) is 8.32 Å². The molecule has 3 nitrogen and oxygen atoms in total. The lowest BCUT2D eigenvalue weighted by Gasteiger charge is -2.24. The predicted molar refractivity (Wildman–Crippen MR) is 49.9 cm³/mol. The van der Waals surface area contributed by atoms with Gasteiger partial charge in [-0.25, -0.2) is 4.67 Å². The minimum atomic E-state index is -1.40. The highest BCUT2D eigenvalue weighted by molar-refractivity contribution is 7.46. The smallest absolute Gasteiger partial charge is 0.247 e. The van der Waals surface area contributed by atoms with E-state index in [0.717, 1.165) is 13.2 Å². The Bertz CT molecular complexity index is 139. The highest BCUT2D eigenvalue weighted by Gasteiger charge is 2.29. The predicted octanol–water partition coefficient (Wildman–Crippen LogP) is 2.03. The first-order chi connectivity index (χ1) is 4.99. The van der Waals surface area contributed by atoms with Crippen molar-refractivity contribution in [3.8, 4) is 0 Å². The van der Waals surface area contributed by atoms with Crippen LogP contribution >= 0.6 is 8.53 Å². The zero-order chi connectivity index (χ0) is 8.48. The Labute approximate surface area is 70.8 Å². The molecule has 0 N–H and O–H groups in total. The number of nitrogens with zero attached hydrogens (tertiary/aromatic N) is 1. The van der Waals surface area contributed by atoms with Crippen molar-refractivity contribution >= 4 is 16.8 Å². The molecule has 0 spiro atoms. The van der Waals surface area contributed by atoms with E-state index >= 15 is 0 Å². The van der Waals surface area contributed by atoms with Crippen molar-refractivity contribution in [1.82, 2.24) is 4.67 Å². The second kappa shape index (κ2) is 3.50. The summed E-state index contributed by atoms with van der Waals surface area (Å²) < 4.78 is 13.4. The van der Waals surface area contributed by atoms with Crippen molar-refractivity contribution in [2.75, 3.05) is 20.2 Å². The van der Waals surface area contributed by atoms with Gasteiger partial charge in [-0.3, -0.25) is 0 Å². The van der Waals surface area contributed by atoms with Crippen LogP contribution in [-0.2, 0) is 8.74 Å². The normalized spacial score (nSPS) is 27.8. The second-order valence-electron chi connectivity index (χ2n) is 3.66. The molecule has 0 saturated carbocycles. The summed E-state index contributed by atoms with van der Waals surface area (Å²) in [4.78, 5) is 0. The zero-order valence-electron chi connectivity index (χ0n) is 7.63. The van der Waals surface area contributed by atoms with Crippen molar-refractivity contribution in [2.45, 2.75) is 19.6 Å². The summed E-state index contributed by atoms with van der Waals surface area (Å²) in [6.07, 6.45) is 0.